The van der Waals surface area contributed by atoms with E-state index < -0.39 is 16.2 Å². The highest BCUT2D eigenvalue weighted by Crippen LogP contribution is 2.56. The van der Waals surface area contributed by atoms with Crippen molar-refractivity contribution < 1.29 is 41.1 Å². The van der Waals surface area contributed by atoms with Gasteiger partial charge in [-0.1, -0.05) is 93.5 Å². The Balaban J connectivity index is 2.28. The lowest BCUT2D eigenvalue weighted by atomic mass is 9.87. The van der Waals surface area contributed by atoms with Crippen LogP contribution in [0.5, 0.6) is 0 Å². The summed E-state index contributed by atoms with van der Waals surface area (Å²) >= 11 is 0. The second kappa shape index (κ2) is 18.1. The zero-order valence-corrected chi connectivity index (χ0v) is 36.7. The fourth-order valence-electron chi connectivity index (χ4n) is 7.22. The molecule has 53 heavy (non-hydrogen) atoms. The van der Waals surface area contributed by atoms with Gasteiger partial charge in [0, 0.05) is 33.3 Å². The standard InChI is InChI=1S/C41H65FNO8PSi/c1-26(2)38-34(21-20-32-22-33(23-36(44)46-15)51-53(50-32,40(9,10)11)41(12,13)14)37(30-16-18-31(42)19-17-30)35(39(43-38)27(3)4)24-47-25-52(45,48-28(5)6)49-29(7)8/h16-21,26-29,32-33H,22-25H2,1-15H3/b21-20+/t32-,33-/m1/s1. The normalized spacial score (nSPS) is 18.6. The average Bonchev–Trinajstić information content (AvgIpc) is 3.01. The van der Waals surface area contributed by atoms with Gasteiger partial charge in [0.15, 0.2) is 0 Å². The molecule has 1 saturated heterocycles. The molecule has 1 aromatic carbocycles. The van der Waals surface area contributed by atoms with E-state index in [1.165, 1.54) is 19.2 Å². The minimum absolute atomic E-state index is 0.0112. The van der Waals surface area contributed by atoms with Crippen molar-refractivity contribution in [2.75, 3.05) is 13.5 Å². The van der Waals surface area contributed by atoms with Crippen LogP contribution in [0, 0.1) is 5.82 Å². The van der Waals surface area contributed by atoms with Gasteiger partial charge in [-0.3, -0.25) is 14.3 Å². The minimum Gasteiger partial charge on any atom is -0.469 e. The number of hydrogen-bond donors (Lipinski definition) is 0. The maximum Gasteiger partial charge on any atom is 0.356 e. The van der Waals surface area contributed by atoms with Crippen LogP contribution < -0.4 is 0 Å². The van der Waals surface area contributed by atoms with Gasteiger partial charge < -0.3 is 27.4 Å². The van der Waals surface area contributed by atoms with E-state index in [2.05, 4.69) is 81.4 Å². The molecule has 0 saturated carbocycles. The second-order valence-electron chi connectivity index (χ2n) is 17.3. The fraction of sp³-hybridized carbons (Fsp3) is 0.659. The molecule has 0 bridgehead atoms. The molecular weight excluding hydrogens is 713 g/mol. The van der Waals surface area contributed by atoms with Crippen molar-refractivity contribution in [2.45, 2.75) is 163 Å². The lowest BCUT2D eigenvalue weighted by Gasteiger charge is -2.54. The van der Waals surface area contributed by atoms with Gasteiger partial charge in [-0.25, -0.2) is 4.39 Å². The molecule has 1 aromatic heterocycles. The first kappa shape index (κ1) is 45.1. The number of carbonyl (C=O) groups excluding carboxylic acids is 1. The van der Waals surface area contributed by atoms with E-state index in [4.69, 9.17) is 32.4 Å². The molecular formula is C41H65FNO8PSi. The third-order valence-electron chi connectivity index (χ3n) is 9.08. The van der Waals surface area contributed by atoms with Crippen molar-refractivity contribution in [3.8, 4) is 11.1 Å². The van der Waals surface area contributed by atoms with Crippen LogP contribution in [0.15, 0.2) is 30.3 Å². The molecule has 1 aliphatic heterocycles. The zero-order chi connectivity index (χ0) is 40.1. The Kier molecular flexibility index (Phi) is 15.5. The second-order valence-corrected chi connectivity index (χ2v) is 23.9. The number of ether oxygens (including phenoxy) is 2. The first-order chi connectivity index (χ1) is 24.4. The number of rotatable bonds is 15. The van der Waals surface area contributed by atoms with Crippen LogP contribution in [0.1, 0.15) is 144 Å². The minimum atomic E-state index is -3.59. The topological polar surface area (TPSA) is 102 Å². The van der Waals surface area contributed by atoms with Gasteiger partial charge in [-0.05, 0) is 62.8 Å². The van der Waals surface area contributed by atoms with Crippen molar-refractivity contribution in [3.05, 3.63) is 58.7 Å². The van der Waals surface area contributed by atoms with Crippen molar-refractivity contribution in [3.63, 3.8) is 0 Å². The van der Waals surface area contributed by atoms with Crippen molar-refractivity contribution >= 4 is 28.2 Å². The molecule has 0 radical (unpaired) electrons. The molecule has 0 aliphatic carbocycles. The summed E-state index contributed by atoms with van der Waals surface area (Å²) in [7, 11) is -5.23. The lowest BCUT2D eigenvalue weighted by molar-refractivity contribution is -0.144. The number of carbonyl (C=O) groups is 1. The summed E-state index contributed by atoms with van der Waals surface area (Å²) in [5, 5.41) is -0.644. The van der Waals surface area contributed by atoms with Gasteiger partial charge in [-0.15, -0.1) is 0 Å². The highest BCUT2D eigenvalue weighted by molar-refractivity contribution is 7.53. The summed E-state index contributed by atoms with van der Waals surface area (Å²) in [6.07, 6.45) is 3.04. The van der Waals surface area contributed by atoms with Crippen LogP contribution >= 0.6 is 7.60 Å². The summed E-state index contributed by atoms with van der Waals surface area (Å²) < 4.78 is 65.0. The van der Waals surface area contributed by atoms with Crippen LogP contribution in [-0.4, -0.2) is 57.4 Å². The number of benzene rings is 1. The Labute approximate surface area is 319 Å². The number of aromatic nitrogens is 1. The van der Waals surface area contributed by atoms with E-state index in [9.17, 15) is 13.8 Å². The van der Waals surface area contributed by atoms with Crippen LogP contribution in [0.4, 0.5) is 4.39 Å². The molecule has 298 valence electrons. The quantitative estimate of drug-likeness (QED) is 0.0993. The molecule has 2 heterocycles. The SMILES string of the molecule is COC(=O)C[C@H]1C[C@@H](/C=C/c2c(C(C)C)nc(C(C)C)c(COCP(=O)(OC(C)C)OC(C)C)c2-c2ccc(F)cc2)O[Si](C(C)(C)C)(C(C)(C)C)O1. The van der Waals surface area contributed by atoms with Crippen molar-refractivity contribution in [1.29, 1.82) is 0 Å². The third-order valence-corrected chi connectivity index (χ3v) is 16.3. The largest absolute Gasteiger partial charge is 0.469 e. The molecule has 0 amide bonds. The van der Waals surface area contributed by atoms with E-state index in [1.807, 2.05) is 27.7 Å². The summed E-state index contributed by atoms with van der Waals surface area (Å²) in [4.78, 5) is 17.8. The number of halogens is 1. The third kappa shape index (κ3) is 11.4. The molecule has 2 atom stereocenters. The summed E-state index contributed by atoms with van der Waals surface area (Å²) in [5.74, 6) is -0.634. The van der Waals surface area contributed by atoms with E-state index in [1.54, 1.807) is 12.1 Å². The Morgan fingerprint density at radius 1 is 0.925 bits per heavy atom. The molecule has 3 rings (SSSR count). The Morgan fingerprint density at radius 3 is 1.94 bits per heavy atom. The monoisotopic (exact) mass is 777 g/mol. The lowest BCUT2D eigenvalue weighted by Crippen LogP contribution is -2.63. The highest BCUT2D eigenvalue weighted by atomic mass is 31.2. The van der Waals surface area contributed by atoms with Gasteiger partial charge in [0.05, 0.1) is 50.2 Å². The Hall–Kier alpha value is -2.24. The summed E-state index contributed by atoms with van der Waals surface area (Å²) in [6.45, 7) is 28.5. The average molecular weight is 778 g/mol. The number of methoxy groups -OCH3 is 1. The molecule has 0 unspecified atom stereocenters. The van der Waals surface area contributed by atoms with Crippen LogP contribution in [-0.2, 0) is 43.3 Å². The first-order valence-corrected chi connectivity index (χ1v) is 22.4. The first-order valence-electron chi connectivity index (χ1n) is 18.9. The molecule has 1 aliphatic rings. The summed E-state index contributed by atoms with van der Waals surface area (Å²) in [5.41, 5.74) is 5.01. The van der Waals surface area contributed by atoms with Gasteiger partial charge in [0.2, 0.25) is 0 Å². The van der Waals surface area contributed by atoms with Crippen molar-refractivity contribution in [1.82, 2.24) is 4.98 Å². The van der Waals surface area contributed by atoms with Crippen molar-refractivity contribution in [2.24, 2.45) is 0 Å². The molecule has 12 heteroatoms. The Morgan fingerprint density at radius 2 is 1.47 bits per heavy atom. The predicted molar refractivity (Wildman–Crippen MR) is 213 cm³/mol. The highest BCUT2D eigenvalue weighted by Gasteiger charge is 2.62. The number of pyridine rings is 1. The Bertz CT molecular complexity index is 1580. The van der Waals surface area contributed by atoms with E-state index in [-0.39, 0.29) is 77.5 Å². The van der Waals surface area contributed by atoms with E-state index in [0.717, 1.165) is 33.6 Å². The number of esters is 1. The van der Waals surface area contributed by atoms with Gasteiger partial charge >= 0.3 is 22.1 Å². The molecule has 0 N–H and O–H groups in total. The smallest absolute Gasteiger partial charge is 0.356 e. The molecule has 9 nitrogen and oxygen atoms in total. The van der Waals surface area contributed by atoms with Gasteiger partial charge in [0.1, 0.15) is 12.2 Å². The maximum atomic E-state index is 14.4. The maximum absolute atomic E-state index is 14.4. The van der Waals surface area contributed by atoms with Gasteiger partial charge in [0.25, 0.3) is 0 Å². The fourth-order valence-corrected chi connectivity index (χ4v) is 14.0. The number of hydrogen-bond acceptors (Lipinski definition) is 9. The predicted octanol–water partition coefficient (Wildman–Crippen LogP) is 11.4. The van der Waals surface area contributed by atoms with E-state index >= 15 is 0 Å². The van der Waals surface area contributed by atoms with Crippen LogP contribution in [0.2, 0.25) is 10.1 Å². The van der Waals surface area contributed by atoms with Crippen LogP contribution in [0.25, 0.3) is 17.2 Å². The van der Waals surface area contributed by atoms with Crippen LogP contribution in [0.3, 0.4) is 0 Å². The molecule has 2 aromatic rings. The number of nitrogens with zero attached hydrogens (tertiary/aromatic N) is 1. The molecule has 1 fully saturated rings. The molecule has 0 spiro atoms. The van der Waals surface area contributed by atoms with E-state index in [0.29, 0.717) is 6.42 Å². The zero-order valence-electron chi connectivity index (χ0n) is 34.8. The summed E-state index contributed by atoms with van der Waals surface area (Å²) in [6, 6.07) is 6.43. The van der Waals surface area contributed by atoms with Gasteiger partial charge in [-0.2, -0.15) is 0 Å².